The fourth-order valence-electron chi connectivity index (χ4n) is 2.56. The van der Waals surface area contributed by atoms with E-state index < -0.39 is 4.92 Å². The molecule has 0 unspecified atom stereocenters. The van der Waals surface area contributed by atoms with Crippen LogP contribution in [0.3, 0.4) is 0 Å². The second-order valence-corrected chi connectivity index (χ2v) is 7.06. The maximum Gasteiger partial charge on any atom is 0.381 e. The lowest BCUT2D eigenvalue weighted by Gasteiger charge is -2.30. The zero-order valence-electron chi connectivity index (χ0n) is 15.2. The lowest BCUT2D eigenvalue weighted by molar-refractivity contribution is -0.389. The van der Waals surface area contributed by atoms with E-state index in [2.05, 4.69) is 10.3 Å². The van der Waals surface area contributed by atoms with Crippen molar-refractivity contribution in [2.24, 2.45) is 5.41 Å². The third-order valence-electron chi connectivity index (χ3n) is 3.95. The molecule has 0 aliphatic carbocycles. The molecular formula is C17H24N4O4. The number of nitro groups is 1. The van der Waals surface area contributed by atoms with Gasteiger partial charge in [-0.15, -0.1) is 0 Å². The number of aromatic nitrogens is 2. The Morgan fingerprint density at radius 1 is 1.44 bits per heavy atom. The van der Waals surface area contributed by atoms with E-state index in [9.17, 15) is 14.9 Å². The number of imidazole rings is 1. The summed E-state index contributed by atoms with van der Waals surface area (Å²) < 4.78 is 7.27. The Morgan fingerprint density at radius 3 is 2.60 bits per heavy atom. The molecule has 2 heterocycles. The van der Waals surface area contributed by atoms with Gasteiger partial charge in [0.2, 0.25) is 11.7 Å². The van der Waals surface area contributed by atoms with E-state index in [1.165, 1.54) is 10.8 Å². The van der Waals surface area contributed by atoms with E-state index in [0.29, 0.717) is 11.6 Å². The number of carbonyl (C=O) groups excluding carboxylic acids is 1. The Labute approximate surface area is 146 Å². The number of rotatable bonds is 6. The highest BCUT2D eigenvalue weighted by Gasteiger charge is 2.31. The quantitative estimate of drug-likeness (QED) is 0.638. The molecule has 0 fully saturated rings. The minimum atomic E-state index is -0.575. The Morgan fingerprint density at radius 2 is 2.12 bits per heavy atom. The first-order valence-corrected chi connectivity index (χ1v) is 8.18. The predicted molar refractivity (Wildman–Crippen MR) is 92.0 cm³/mol. The molecule has 0 spiro atoms. The van der Waals surface area contributed by atoms with Crippen molar-refractivity contribution in [3.8, 4) is 0 Å². The van der Waals surface area contributed by atoms with Gasteiger partial charge in [-0.1, -0.05) is 27.7 Å². The second-order valence-electron chi connectivity index (χ2n) is 7.06. The summed E-state index contributed by atoms with van der Waals surface area (Å²) >= 11 is 0. The van der Waals surface area contributed by atoms with E-state index in [1.54, 1.807) is 6.92 Å². The summed E-state index contributed by atoms with van der Waals surface area (Å²) in [5, 5.41) is 13.8. The second kappa shape index (κ2) is 7.08. The van der Waals surface area contributed by atoms with Crippen molar-refractivity contribution < 1.29 is 14.1 Å². The molecule has 1 N–H and O–H groups in total. The van der Waals surface area contributed by atoms with Crippen LogP contribution in [0.25, 0.3) is 0 Å². The van der Waals surface area contributed by atoms with Crippen molar-refractivity contribution in [1.29, 1.82) is 0 Å². The zero-order chi connectivity index (χ0) is 18.8. The predicted octanol–water partition coefficient (Wildman–Crippen LogP) is 3.16. The van der Waals surface area contributed by atoms with Crippen LogP contribution in [0.5, 0.6) is 0 Å². The lowest BCUT2D eigenvalue weighted by Crippen LogP contribution is -2.38. The summed E-state index contributed by atoms with van der Waals surface area (Å²) in [6, 6.07) is 3.48. The molecule has 0 bridgehead atoms. The van der Waals surface area contributed by atoms with Crippen LogP contribution in [0.2, 0.25) is 0 Å². The molecule has 1 amide bonds. The van der Waals surface area contributed by atoms with Gasteiger partial charge < -0.3 is 19.8 Å². The van der Waals surface area contributed by atoms with Crippen LogP contribution in [0.1, 0.15) is 51.1 Å². The first-order valence-electron chi connectivity index (χ1n) is 8.18. The lowest BCUT2D eigenvalue weighted by atomic mass is 9.85. The summed E-state index contributed by atoms with van der Waals surface area (Å²) in [6.45, 7) is 9.63. The molecule has 0 aliphatic heterocycles. The van der Waals surface area contributed by atoms with Crippen LogP contribution in [0, 0.1) is 22.5 Å². The molecule has 0 saturated heterocycles. The maximum absolute atomic E-state index is 12.5. The molecule has 25 heavy (non-hydrogen) atoms. The summed E-state index contributed by atoms with van der Waals surface area (Å²) in [6.07, 6.45) is 2.05. The van der Waals surface area contributed by atoms with Crippen molar-refractivity contribution in [3.63, 3.8) is 0 Å². The van der Waals surface area contributed by atoms with Gasteiger partial charge in [0.25, 0.3) is 0 Å². The molecule has 0 aromatic carbocycles. The third-order valence-corrected chi connectivity index (χ3v) is 3.95. The van der Waals surface area contributed by atoms with Crippen molar-refractivity contribution in [2.75, 3.05) is 0 Å². The van der Waals surface area contributed by atoms with Gasteiger partial charge in [0, 0.05) is 13.3 Å². The molecule has 0 aliphatic rings. The topological polar surface area (TPSA) is 103 Å². The molecule has 1 atom stereocenters. The van der Waals surface area contributed by atoms with E-state index in [-0.39, 0.29) is 29.7 Å². The Bertz CT molecular complexity index is 770. The largest absolute Gasteiger partial charge is 0.464 e. The van der Waals surface area contributed by atoms with E-state index in [4.69, 9.17) is 4.42 Å². The number of hydrogen-bond acceptors (Lipinski definition) is 5. The molecule has 0 saturated carbocycles. The van der Waals surface area contributed by atoms with Gasteiger partial charge >= 0.3 is 5.82 Å². The van der Waals surface area contributed by atoms with Gasteiger partial charge in [0.15, 0.2) is 0 Å². The molecule has 2 aromatic heterocycles. The van der Waals surface area contributed by atoms with Crippen LogP contribution in [0.4, 0.5) is 5.82 Å². The standard InChI is InChI=1S/C17H24N4O4/c1-6-12-7-8-13(25-12)16(17(3,4)5)19-15(22)10-20-9-14(21(23)24)18-11(20)2/h7-9,16H,6,10H2,1-5H3,(H,19,22)/t16-/m1/s1. The third kappa shape index (κ3) is 4.46. The molecule has 8 heteroatoms. The average Bonchev–Trinajstić information content (AvgIpc) is 3.11. The fourth-order valence-corrected chi connectivity index (χ4v) is 2.56. The molecular weight excluding hydrogens is 324 g/mol. The average molecular weight is 348 g/mol. The molecule has 136 valence electrons. The number of hydrogen-bond donors (Lipinski definition) is 1. The van der Waals surface area contributed by atoms with Crippen LogP contribution >= 0.6 is 0 Å². The monoisotopic (exact) mass is 348 g/mol. The van der Waals surface area contributed by atoms with Gasteiger partial charge in [0.05, 0.1) is 6.04 Å². The number of nitrogens with zero attached hydrogens (tertiary/aromatic N) is 3. The zero-order valence-corrected chi connectivity index (χ0v) is 15.2. The normalized spacial score (nSPS) is 12.8. The highest BCUT2D eigenvalue weighted by Crippen LogP contribution is 2.33. The van der Waals surface area contributed by atoms with Crippen LogP contribution in [-0.2, 0) is 17.8 Å². The SMILES string of the molecule is CCc1ccc([C@@H](NC(=O)Cn2cc([N+](=O)[O-])nc2C)C(C)(C)C)o1. The molecule has 0 radical (unpaired) electrons. The number of carbonyl (C=O) groups is 1. The van der Waals surface area contributed by atoms with Crippen LogP contribution in [-0.4, -0.2) is 20.4 Å². The smallest absolute Gasteiger partial charge is 0.381 e. The number of furan rings is 1. The van der Waals surface area contributed by atoms with Gasteiger partial charge in [-0.05, 0) is 27.5 Å². The summed E-state index contributed by atoms with van der Waals surface area (Å²) in [5.74, 6) is 1.45. The van der Waals surface area contributed by atoms with E-state index >= 15 is 0 Å². The van der Waals surface area contributed by atoms with Crippen molar-refractivity contribution in [3.05, 3.63) is 45.8 Å². The van der Waals surface area contributed by atoms with Gasteiger partial charge in [-0.3, -0.25) is 9.36 Å². The van der Waals surface area contributed by atoms with Crippen molar-refractivity contribution >= 4 is 11.7 Å². The highest BCUT2D eigenvalue weighted by molar-refractivity contribution is 5.76. The summed E-state index contributed by atoms with van der Waals surface area (Å²) in [7, 11) is 0. The van der Waals surface area contributed by atoms with Crippen molar-refractivity contribution in [1.82, 2.24) is 14.9 Å². The fraction of sp³-hybridized carbons (Fsp3) is 0.529. The van der Waals surface area contributed by atoms with Crippen LogP contribution < -0.4 is 5.32 Å². The Kier molecular flexibility index (Phi) is 5.30. The maximum atomic E-state index is 12.5. The number of nitrogens with one attached hydrogen (secondary N) is 1. The van der Waals surface area contributed by atoms with Gasteiger partial charge in [-0.2, -0.15) is 0 Å². The molecule has 2 aromatic rings. The molecule has 8 nitrogen and oxygen atoms in total. The van der Waals surface area contributed by atoms with Crippen molar-refractivity contribution in [2.45, 2.75) is 53.6 Å². The highest BCUT2D eigenvalue weighted by atomic mass is 16.6. The van der Waals surface area contributed by atoms with E-state index in [0.717, 1.165) is 12.2 Å². The first-order chi connectivity index (χ1) is 11.6. The Hall–Kier alpha value is -2.64. The Balaban J connectivity index is 2.16. The number of amides is 1. The van der Waals surface area contributed by atoms with E-state index in [1.807, 2.05) is 39.8 Å². The molecule has 2 rings (SSSR count). The summed E-state index contributed by atoms with van der Waals surface area (Å²) in [5.41, 5.74) is -0.255. The minimum Gasteiger partial charge on any atom is -0.464 e. The van der Waals surface area contributed by atoms with Gasteiger partial charge in [0.1, 0.15) is 24.3 Å². The van der Waals surface area contributed by atoms with Gasteiger partial charge in [-0.25, -0.2) is 0 Å². The minimum absolute atomic E-state index is 0.0411. The van der Waals surface area contributed by atoms with Crippen LogP contribution in [0.15, 0.2) is 22.7 Å². The number of aryl methyl sites for hydroxylation is 2. The first kappa shape index (κ1) is 18.7. The summed E-state index contributed by atoms with van der Waals surface area (Å²) in [4.78, 5) is 26.5.